The Morgan fingerprint density at radius 3 is 2.60 bits per heavy atom. The molecule has 1 fully saturated rings. The van der Waals surface area contributed by atoms with Crippen molar-refractivity contribution in [3.8, 4) is 0 Å². The van der Waals surface area contributed by atoms with Gasteiger partial charge in [0.05, 0.1) is 0 Å². The van der Waals surface area contributed by atoms with Gasteiger partial charge in [-0.3, -0.25) is 0 Å². The first-order chi connectivity index (χ1) is 6.95. The lowest BCUT2D eigenvalue weighted by Crippen LogP contribution is -2.46. The van der Waals surface area contributed by atoms with Gasteiger partial charge in [-0.1, -0.05) is 27.7 Å². The second kappa shape index (κ2) is 5.31. The molecule has 0 aromatic carbocycles. The molecule has 1 unspecified atom stereocenters. The van der Waals surface area contributed by atoms with Crippen LogP contribution in [0.2, 0.25) is 0 Å². The molecular formula is C13H28N2. The summed E-state index contributed by atoms with van der Waals surface area (Å²) in [4.78, 5) is 5.02. The minimum absolute atomic E-state index is 0.503. The van der Waals surface area contributed by atoms with Gasteiger partial charge in [-0.25, -0.2) is 0 Å². The van der Waals surface area contributed by atoms with Gasteiger partial charge in [0.15, 0.2) is 0 Å². The van der Waals surface area contributed by atoms with Crippen LogP contribution in [0, 0.1) is 11.3 Å². The summed E-state index contributed by atoms with van der Waals surface area (Å²) in [6, 6.07) is 0. The topological polar surface area (TPSA) is 6.48 Å². The summed E-state index contributed by atoms with van der Waals surface area (Å²) in [7, 11) is 2.21. The van der Waals surface area contributed by atoms with Gasteiger partial charge in [-0.15, -0.1) is 0 Å². The normalized spacial score (nSPS) is 27.2. The number of likely N-dealkylation sites (N-methyl/N-ethyl adjacent to an activating group) is 1. The maximum atomic E-state index is 2.63. The van der Waals surface area contributed by atoms with Crippen LogP contribution in [-0.4, -0.2) is 49.6 Å². The molecule has 1 heterocycles. The SMILES string of the molecule is CCN(C)CCN1CCC(C)C(C)(C)C1. The molecule has 0 N–H and O–H groups in total. The van der Waals surface area contributed by atoms with Gasteiger partial charge in [0.2, 0.25) is 0 Å². The van der Waals surface area contributed by atoms with Gasteiger partial charge in [-0.2, -0.15) is 0 Å². The summed E-state index contributed by atoms with van der Waals surface area (Å²) in [5.74, 6) is 0.873. The van der Waals surface area contributed by atoms with Crippen LogP contribution in [0.5, 0.6) is 0 Å². The third-order valence-electron chi connectivity index (χ3n) is 4.18. The standard InChI is InChI=1S/C13H28N2/c1-6-14(5)9-10-15-8-7-12(2)13(3,4)11-15/h12H,6-11H2,1-5H3. The van der Waals surface area contributed by atoms with Crippen LogP contribution in [-0.2, 0) is 0 Å². The van der Waals surface area contributed by atoms with E-state index in [-0.39, 0.29) is 0 Å². The predicted octanol–water partition coefficient (Wildman–Crippen LogP) is 2.31. The first kappa shape index (κ1) is 13.0. The highest BCUT2D eigenvalue weighted by atomic mass is 15.2. The van der Waals surface area contributed by atoms with Crippen LogP contribution >= 0.6 is 0 Å². The Morgan fingerprint density at radius 2 is 2.07 bits per heavy atom. The minimum atomic E-state index is 0.503. The highest BCUT2D eigenvalue weighted by molar-refractivity contribution is 4.84. The fourth-order valence-electron chi connectivity index (χ4n) is 2.24. The van der Waals surface area contributed by atoms with Gasteiger partial charge in [0, 0.05) is 19.6 Å². The van der Waals surface area contributed by atoms with Crippen molar-refractivity contribution >= 4 is 0 Å². The van der Waals surface area contributed by atoms with E-state index >= 15 is 0 Å². The molecule has 0 saturated carbocycles. The van der Waals surface area contributed by atoms with E-state index in [1.807, 2.05) is 0 Å². The van der Waals surface area contributed by atoms with Crippen molar-refractivity contribution in [3.63, 3.8) is 0 Å². The van der Waals surface area contributed by atoms with Crippen LogP contribution in [0.25, 0.3) is 0 Å². The predicted molar refractivity (Wildman–Crippen MR) is 67.2 cm³/mol. The van der Waals surface area contributed by atoms with Crippen LogP contribution in [0.3, 0.4) is 0 Å². The molecule has 0 radical (unpaired) electrons. The summed E-state index contributed by atoms with van der Waals surface area (Å²) < 4.78 is 0. The number of rotatable bonds is 4. The van der Waals surface area contributed by atoms with Crippen molar-refractivity contribution < 1.29 is 0 Å². The molecule has 0 aromatic heterocycles. The average Bonchev–Trinajstić information content (AvgIpc) is 2.19. The Kier molecular flexibility index (Phi) is 4.60. The first-order valence-electron chi connectivity index (χ1n) is 6.36. The summed E-state index contributed by atoms with van der Waals surface area (Å²) in [6.45, 7) is 15.6. The monoisotopic (exact) mass is 212 g/mol. The molecule has 1 aliphatic heterocycles. The minimum Gasteiger partial charge on any atom is -0.305 e. The molecular weight excluding hydrogens is 184 g/mol. The summed E-state index contributed by atoms with van der Waals surface area (Å²) in [6.07, 6.45) is 1.36. The zero-order valence-corrected chi connectivity index (χ0v) is 11.2. The van der Waals surface area contributed by atoms with Crippen molar-refractivity contribution in [2.75, 3.05) is 39.8 Å². The average molecular weight is 212 g/mol. The lowest BCUT2D eigenvalue weighted by molar-refractivity contribution is 0.0597. The lowest BCUT2D eigenvalue weighted by atomic mass is 9.75. The Labute approximate surface area is 95.6 Å². The Morgan fingerprint density at radius 1 is 1.40 bits per heavy atom. The van der Waals surface area contributed by atoms with Gasteiger partial charge in [0.1, 0.15) is 0 Å². The molecule has 0 aromatic rings. The van der Waals surface area contributed by atoms with Crippen molar-refractivity contribution in [2.45, 2.75) is 34.1 Å². The van der Waals surface area contributed by atoms with Crippen molar-refractivity contribution in [1.82, 2.24) is 9.80 Å². The second-order valence-corrected chi connectivity index (χ2v) is 5.85. The van der Waals surface area contributed by atoms with Crippen LogP contribution in [0.4, 0.5) is 0 Å². The maximum absolute atomic E-state index is 2.63. The molecule has 1 aliphatic rings. The summed E-state index contributed by atoms with van der Waals surface area (Å²) in [5, 5.41) is 0. The first-order valence-corrected chi connectivity index (χ1v) is 6.36. The van der Waals surface area contributed by atoms with Crippen LogP contribution in [0.15, 0.2) is 0 Å². The second-order valence-electron chi connectivity index (χ2n) is 5.85. The number of piperidine rings is 1. The fourth-order valence-corrected chi connectivity index (χ4v) is 2.24. The van der Waals surface area contributed by atoms with Gasteiger partial charge in [0.25, 0.3) is 0 Å². The molecule has 15 heavy (non-hydrogen) atoms. The highest BCUT2D eigenvalue weighted by Gasteiger charge is 2.32. The number of nitrogens with zero attached hydrogens (tertiary/aromatic N) is 2. The third-order valence-corrected chi connectivity index (χ3v) is 4.18. The molecule has 2 heteroatoms. The van der Waals surface area contributed by atoms with E-state index < -0.39 is 0 Å². The molecule has 0 amide bonds. The number of hydrogen-bond acceptors (Lipinski definition) is 2. The van der Waals surface area contributed by atoms with Crippen LogP contribution < -0.4 is 0 Å². The quantitative estimate of drug-likeness (QED) is 0.705. The summed E-state index contributed by atoms with van der Waals surface area (Å²) in [5.41, 5.74) is 0.503. The zero-order valence-electron chi connectivity index (χ0n) is 11.2. The van der Waals surface area contributed by atoms with Crippen molar-refractivity contribution in [3.05, 3.63) is 0 Å². The van der Waals surface area contributed by atoms with Crippen molar-refractivity contribution in [2.24, 2.45) is 11.3 Å². The smallest absolute Gasteiger partial charge is 0.0109 e. The molecule has 0 aliphatic carbocycles. The van der Waals surface area contributed by atoms with E-state index in [2.05, 4.69) is 44.5 Å². The van der Waals surface area contributed by atoms with E-state index in [1.165, 1.54) is 32.6 Å². The molecule has 1 atom stereocenters. The molecule has 0 spiro atoms. The maximum Gasteiger partial charge on any atom is 0.0109 e. The van der Waals surface area contributed by atoms with Gasteiger partial charge >= 0.3 is 0 Å². The summed E-state index contributed by atoms with van der Waals surface area (Å²) >= 11 is 0. The lowest BCUT2D eigenvalue weighted by Gasteiger charge is -2.43. The largest absolute Gasteiger partial charge is 0.305 e. The highest BCUT2D eigenvalue weighted by Crippen LogP contribution is 2.33. The number of hydrogen-bond donors (Lipinski definition) is 0. The number of likely N-dealkylation sites (tertiary alicyclic amines) is 1. The molecule has 2 nitrogen and oxygen atoms in total. The Bertz CT molecular complexity index is 189. The zero-order chi connectivity index (χ0) is 11.5. The van der Waals surface area contributed by atoms with E-state index in [1.54, 1.807) is 0 Å². The van der Waals surface area contributed by atoms with E-state index in [4.69, 9.17) is 0 Å². The van der Waals surface area contributed by atoms with E-state index in [0.29, 0.717) is 5.41 Å². The van der Waals surface area contributed by atoms with Crippen molar-refractivity contribution in [1.29, 1.82) is 0 Å². The van der Waals surface area contributed by atoms with Crippen LogP contribution in [0.1, 0.15) is 34.1 Å². The molecule has 1 rings (SSSR count). The Balaban J connectivity index is 2.33. The van der Waals surface area contributed by atoms with Gasteiger partial charge < -0.3 is 9.80 Å². The molecule has 1 saturated heterocycles. The van der Waals surface area contributed by atoms with E-state index in [0.717, 1.165) is 12.5 Å². The third kappa shape index (κ3) is 3.76. The van der Waals surface area contributed by atoms with Gasteiger partial charge in [-0.05, 0) is 37.9 Å². The fraction of sp³-hybridized carbons (Fsp3) is 1.00. The molecule has 90 valence electrons. The Hall–Kier alpha value is -0.0800. The molecule has 0 bridgehead atoms. The van der Waals surface area contributed by atoms with E-state index in [9.17, 15) is 0 Å².